The Hall–Kier alpha value is -1.50. The third-order valence-corrected chi connectivity index (χ3v) is 4.00. The van der Waals surface area contributed by atoms with Crippen LogP contribution in [-0.4, -0.2) is 20.9 Å². The third-order valence-electron chi connectivity index (χ3n) is 3.20. The number of hydrogen-bond donors (Lipinski definition) is 3. The summed E-state index contributed by atoms with van der Waals surface area (Å²) >= 11 is 1.28. The van der Waals surface area contributed by atoms with E-state index in [9.17, 15) is 0 Å². The van der Waals surface area contributed by atoms with Crippen LogP contribution in [0.5, 0.6) is 0 Å². The Morgan fingerprint density at radius 1 is 1.42 bits per heavy atom. The number of nitrogens with two attached hydrogens (primary N) is 2. The Labute approximate surface area is 117 Å². The summed E-state index contributed by atoms with van der Waals surface area (Å²) in [6.45, 7) is 0. The lowest BCUT2D eigenvalue weighted by Crippen LogP contribution is -2.23. The Morgan fingerprint density at radius 3 is 2.84 bits per heavy atom. The summed E-state index contributed by atoms with van der Waals surface area (Å²) in [6.07, 6.45) is 8.41. The topological polar surface area (TPSA) is 106 Å². The van der Waals surface area contributed by atoms with E-state index in [1.54, 1.807) is 0 Å². The Morgan fingerprint density at radius 2 is 2.16 bits per heavy atom. The van der Waals surface area contributed by atoms with Crippen LogP contribution in [0.1, 0.15) is 43.8 Å². The number of thioether (sulfide) groups is 1. The van der Waals surface area contributed by atoms with Crippen molar-refractivity contribution in [2.24, 2.45) is 16.5 Å². The van der Waals surface area contributed by atoms with Crippen molar-refractivity contribution in [2.75, 3.05) is 0 Å². The fourth-order valence-corrected chi connectivity index (χ4v) is 2.90. The molecule has 1 fully saturated rings. The standard InChI is InChI=1S/C12H20N6S/c13-11(14)16-12(15)19-8-9-6-7-18(17-9)10-4-2-1-3-5-10/h6-7,10H,1-5,8H2,(H5,13,14,15,16). The van der Waals surface area contributed by atoms with Crippen LogP contribution in [0.25, 0.3) is 0 Å². The highest BCUT2D eigenvalue weighted by Gasteiger charge is 2.16. The second-order valence-corrected chi connectivity index (χ2v) is 5.67. The van der Waals surface area contributed by atoms with Crippen LogP contribution >= 0.6 is 11.8 Å². The molecular formula is C12H20N6S. The molecule has 7 heteroatoms. The van der Waals surface area contributed by atoms with Gasteiger partial charge in [-0.15, -0.1) is 0 Å². The molecule has 1 aliphatic rings. The molecule has 0 radical (unpaired) electrons. The minimum absolute atomic E-state index is 0.0785. The zero-order valence-corrected chi connectivity index (χ0v) is 11.7. The zero-order chi connectivity index (χ0) is 13.7. The quantitative estimate of drug-likeness (QED) is 0.580. The normalized spacial score (nSPS) is 16.2. The number of nitrogens with one attached hydrogen (secondary N) is 1. The molecule has 0 atom stereocenters. The van der Waals surface area contributed by atoms with Gasteiger partial charge in [-0.1, -0.05) is 31.0 Å². The van der Waals surface area contributed by atoms with Crippen LogP contribution in [0.2, 0.25) is 0 Å². The van der Waals surface area contributed by atoms with Crippen LogP contribution < -0.4 is 11.5 Å². The Bertz CT molecular complexity index is 457. The Kier molecular flexibility index (Phi) is 4.84. The zero-order valence-electron chi connectivity index (χ0n) is 10.9. The van der Waals surface area contributed by atoms with Gasteiger partial charge in [0.1, 0.15) is 0 Å². The molecule has 1 aromatic rings. The van der Waals surface area contributed by atoms with E-state index < -0.39 is 0 Å². The minimum atomic E-state index is -0.0785. The van der Waals surface area contributed by atoms with Crippen molar-refractivity contribution in [3.05, 3.63) is 18.0 Å². The van der Waals surface area contributed by atoms with Gasteiger partial charge in [0.05, 0.1) is 11.7 Å². The number of nitrogens with zero attached hydrogens (tertiary/aromatic N) is 3. The van der Waals surface area contributed by atoms with Gasteiger partial charge < -0.3 is 11.5 Å². The molecule has 5 N–H and O–H groups in total. The van der Waals surface area contributed by atoms with Gasteiger partial charge in [0, 0.05) is 11.9 Å². The number of guanidine groups is 1. The van der Waals surface area contributed by atoms with Gasteiger partial charge >= 0.3 is 0 Å². The molecule has 2 rings (SSSR count). The van der Waals surface area contributed by atoms with Gasteiger partial charge in [0.25, 0.3) is 0 Å². The number of aliphatic imine (C=N–C) groups is 1. The molecule has 104 valence electrons. The first-order valence-electron chi connectivity index (χ1n) is 6.50. The largest absolute Gasteiger partial charge is 0.370 e. The summed E-state index contributed by atoms with van der Waals surface area (Å²) in [7, 11) is 0. The van der Waals surface area contributed by atoms with E-state index in [0.717, 1.165) is 5.69 Å². The van der Waals surface area contributed by atoms with Gasteiger partial charge in [-0.25, -0.2) is 0 Å². The predicted molar refractivity (Wildman–Crippen MR) is 79.2 cm³/mol. The predicted octanol–water partition coefficient (Wildman–Crippen LogP) is 1.83. The van der Waals surface area contributed by atoms with Crippen molar-refractivity contribution in [3.63, 3.8) is 0 Å². The lowest BCUT2D eigenvalue weighted by Gasteiger charge is -2.21. The van der Waals surface area contributed by atoms with Crippen molar-refractivity contribution >= 4 is 22.9 Å². The van der Waals surface area contributed by atoms with E-state index in [-0.39, 0.29) is 11.1 Å². The summed E-state index contributed by atoms with van der Waals surface area (Å²) in [5.41, 5.74) is 11.4. The monoisotopic (exact) mass is 280 g/mol. The van der Waals surface area contributed by atoms with Gasteiger partial charge in [-0.05, 0) is 18.9 Å². The van der Waals surface area contributed by atoms with Gasteiger partial charge in [0.15, 0.2) is 11.1 Å². The summed E-state index contributed by atoms with van der Waals surface area (Å²) in [6, 6.07) is 2.55. The first-order valence-corrected chi connectivity index (χ1v) is 7.49. The molecule has 0 bridgehead atoms. The van der Waals surface area contributed by atoms with Crippen molar-refractivity contribution < 1.29 is 0 Å². The molecule has 1 aromatic heterocycles. The molecule has 1 aliphatic carbocycles. The molecule has 0 saturated heterocycles. The molecule has 0 unspecified atom stereocenters. The molecule has 1 saturated carbocycles. The van der Waals surface area contributed by atoms with Gasteiger partial charge in [0.2, 0.25) is 0 Å². The van der Waals surface area contributed by atoms with Gasteiger partial charge in [-0.2, -0.15) is 10.1 Å². The van der Waals surface area contributed by atoms with Crippen LogP contribution in [-0.2, 0) is 5.75 Å². The third kappa shape index (κ3) is 4.27. The first kappa shape index (κ1) is 13.9. The molecule has 0 spiro atoms. The maximum atomic E-state index is 7.55. The molecule has 0 aliphatic heterocycles. The average Bonchev–Trinajstić information content (AvgIpc) is 2.85. The summed E-state index contributed by atoms with van der Waals surface area (Å²) < 4.78 is 2.07. The van der Waals surface area contributed by atoms with E-state index in [4.69, 9.17) is 16.9 Å². The molecular weight excluding hydrogens is 260 g/mol. The second kappa shape index (κ2) is 6.60. The summed E-state index contributed by atoms with van der Waals surface area (Å²) in [4.78, 5) is 3.67. The van der Waals surface area contributed by atoms with E-state index in [1.165, 1.54) is 43.9 Å². The molecule has 6 nitrogen and oxygen atoms in total. The van der Waals surface area contributed by atoms with E-state index in [1.807, 2.05) is 12.3 Å². The lowest BCUT2D eigenvalue weighted by molar-refractivity contribution is 0.328. The summed E-state index contributed by atoms with van der Waals surface area (Å²) in [5, 5.41) is 12.2. The minimum Gasteiger partial charge on any atom is -0.370 e. The van der Waals surface area contributed by atoms with Crippen molar-refractivity contribution in [1.82, 2.24) is 9.78 Å². The maximum Gasteiger partial charge on any atom is 0.193 e. The fourth-order valence-electron chi connectivity index (χ4n) is 2.30. The second-order valence-electron chi connectivity index (χ2n) is 4.71. The van der Waals surface area contributed by atoms with Crippen molar-refractivity contribution in [3.8, 4) is 0 Å². The van der Waals surface area contributed by atoms with Crippen LogP contribution in [0.3, 0.4) is 0 Å². The van der Waals surface area contributed by atoms with Crippen LogP contribution in [0.4, 0.5) is 0 Å². The average molecular weight is 280 g/mol. The maximum absolute atomic E-state index is 7.55. The Balaban J connectivity index is 1.87. The highest BCUT2D eigenvalue weighted by molar-refractivity contribution is 8.13. The molecule has 0 aromatic carbocycles. The smallest absolute Gasteiger partial charge is 0.193 e. The summed E-state index contributed by atoms with van der Waals surface area (Å²) in [5.74, 6) is 0.542. The first-order chi connectivity index (χ1) is 9.15. The van der Waals surface area contributed by atoms with E-state index in [2.05, 4.69) is 14.8 Å². The SMILES string of the molecule is N=C(N=C(N)N)SCc1ccn(C2CCCCC2)n1. The number of hydrogen-bond acceptors (Lipinski definition) is 3. The highest BCUT2D eigenvalue weighted by Crippen LogP contribution is 2.27. The van der Waals surface area contributed by atoms with Crippen LogP contribution in [0, 0.1) is 5.41 Å². The fraction of sp³-hybridized carbons (Fsp3) is 0.583. The van der Waals surface area contributed by atoms with E-state index >= 15 is 0 Å². The van der Waals surface area contributed by atoms with Crippen LogP contribution in [0.15, 0.2) is 17.3 Å². The van der Waals surface area contributed by atoms with Crippen molar-refractivity contribution in [1.29, 1.82) is 5.41 Å². The molecule has 19 heavy (non-hydrogen) atoms. The molecule has 0 amide bonds. The number of amidine groups is 1. The molecule has 1 heterocycles. The van der Waals surface area contributed by atoms with Gasteiger partial charge in [-0.3, -0.25) is 10.1 Å². The number of rotatable bonds is 3. The van der Waals surface area contributed by atoms with Crippen molar-refractivity contribution in [2.45, 2.75) is 43.9 Å². The highest BCUT2D eigenvalue weighted by atomic mass is 32.2. The number of aromatic nitrogens is 2. The van der Waals surface area contributed by atoms with E-state index in [0.29, 0.717) is 11.8 Å². The lowest BCUT2D eigenvalue weighted by atomic mass is 9.96.